The van der Waals surface area contributed by atoms with E-state index in [1.807, 2.05) is 35.3 Å². The van der Waals surface area contributed by atoms with Crippen LogP contribution in [0.1, 0.15) is 43.7 Å². The number of nitrogens with zero attached hydrogens (tertiary/aromatic N) is 2. The molecule has 1 amide bonds. The van der Waals surface area contributed by atoms with Crippen LogP contribution in [0.2, 0.25) is 0 Å². The Labute approximate surface area is 252 Å². The van der Waals surface area contributed by atoms with Crippen molar-refractivity contribution in [1.82, 2.24) is 9.80 Å². The van der Waals surface area contributed by atoms with Gasteiger partial charge in [0.05, 0.1) is 13.2 Å². The van der Waals surface area contributed by atoms with Crippen molar-refractivity contribution >= 4 is 27.3 Å². The Morgan fingerprint density at radius 3 is 2.40 bits per heavy atom. The van der Waals surface area contributed by atoms with Gasteiger partial charge >= 0.3 is 0 Å². The van der Waals surface area contributed by atoms with E-state index in [9.17, 15) is 4.79 Å². The zero-order valence-corrected chi connectivity index (χ0v) is 25.3. The summed E-state index contributed by atoms with van der Waals surface area (Å²) in [6, 6.07) is 23.4. The lowest BCUT2D eigenvalue weighted by atomic mass is 9.98. The smallest absolute Gasteiger partial charge is 0.222 e. The number of benzene rings is 3. The minimum Gasteiger partial charge on any atom is -0.492 e. The molecular formula is C35H40N2O4S. The maximum atomic E-state index is 11.8. The number of carbonyl (C=O) groups excluding carboxylic acids is 1. The predicted octanol–water partition coefficient (Wildman–Crippen LogP) is 7.03. The Bertz CT molecular complexity index is 1490. The Hall–Kier alpha value is -3.55. The zero-order chi connectivity index (χ0) is 28.7. The van der Waals surface area contributed by atoms with Crippen LogP contribution in [0.25, 0.3) is 20.5 Å². The van der Waals surface area contributed by atoms with Crippen molar-refractivity contribution in [2.24, 2.45) is 0 Å². The molecule has 1 aromatic heterocycles. The first-order valence-corrected chi connectivity index (χ1v) is 16.1. The molecule has 42 heavy (non-hydrogen) atoms. The van der Waals surface area contributed by atoms with E-state index in [4.69, 9.17) is 14.2 Å². The summed E-state index contributed by atoms with van der Waals surface area (Å²) >= 11 is 1.83. The number of hydrogen-bond donors (Lipinski definition) is 0. The normalized spacial score (nSPS) is 15.5. The standard InChI is InChI=1S/C35H40N2O4S/c1-2-39-32-25-27(13-16-31(32)41-22-20-36-17-5-6-18-36)35-30(29-8-3-4-9-33(29)42-35)24-26-11-14-28(15-12-26)40-23-21-37-19-7-10-34(37)38/h3-4,8-9,11-16,25H,2,5-7,10,17-24H2,1H3. The topological polar surface area (TPSA) is 51.2 Å². The minimum absolute atomic E-state index is 0.237. The maximum Gasteiger partial charge on any atom is 0.222 e. The van der Waals surface area contributed by atoms with Gasteiger partial charge in [0.2, 0.25) is 5.91 Å². The minimum atomic E-state index is 0.237. The zero-order valence-electron chi connectivity index (χ0n) is 24.5. The number of amides is 1. The van der Waals surface area contributed by atoms with Crippen LogP contribution < -0.4 is 14.2 Å². The molecule has 0 aliphatic carbocycles. The Balaban J connectivity index is 1.18. The number of thiophene rings is 1. The van der Waals surface area contributed by atoms with E-state index >= 15 is 0 Å². The van der Waals surface area contributed by atoms with Gasteiger partial charge in [-0.2, -0.15) is 0 Å². The Morgan fingerprint density at radius 1 is 0.810 bits per heavy atom. The average Bonchev–Trinajstić information content (AvgIpc) is 3.76. The van der Waals surface area contributed by atoms with Gasteiger partial charge in [0.1, 0.15) is 19.0 Å². The highest BCUT2D eigenvalue weighted by Crippen LogP contribution is 2.42. The van der Waals surface area contributed by atoms with E-state index in [-0.39, 0.29) is 5.91 Å². The number of hydrogen-bond acceptors (Lipinski definition) is 6. The van der Waals surface area contributed by atoms with E-state index < -0.39 is 0 Å². The molecule has 2 saturated heterocycles. The summed E-state index contributed by atoms with van der Waals surface area (Å²) < 4.78 is 19.5. The highest BCUT2D eigenvalue weighted by Gasteiger charge is 2.20. The van der Waals surface area contributed by atoms with Crippen molar-refractivity contribution in [3.63, 3.8) is 0 Å². The molecule has 0 unspecified atom stereocenters. The highest BCUT2D eigenvalue weighted by molar-refractivity contribution is 7.22. The van der Waals surface area contributed by atoms with Crippen LogP contribution in [0.15, 0.2) is 66.7 Å². The summed E-state index contributed by atoms with van der Waals surface area (Å²) in [5, 5.41) is 1.29. The molecule has 0 spiro atoms. The molecule has 220 valence electrons. The fourth-order valence-corrected chi connectivity index (χ4v) is 7.17. The second kappa shape index (κ2) is 13.6. The largest absolute Gasteiger partial charge is 0.492 e. The van der Waals surface area contributed by atoms with Gasteiger partial charge in [-0.05, 0) is 104 Å². The van der Waals surface area contributed by atoms with Crippen LogP contribution in [0.4, 0.5) is 0 Å². The van der Waals surface area contributed by atoms with Crippen LogP contribution >= 0.6 is 11.3 Å². The van der Waals surface area contributed by atoms with Crippen molar-refractivity contribution in [3.05, 3.63) is 77.9 Å². The van der Waals surface area contributed by atoms with Crippen LogP contribution in [-0.4, -0.2) is 68.3 Å². The number of ether oxygens (including phenoxy) is 3. The lowest BCUT2D eigenvalue weighted by Gasteiger charge is -2.17. The molecular weight excluding hydrogens is 544 g/mol. The molecule has 0 atom stereocenters. The molecule has 6 nitrogen and oxygen atoms in total. The van der Waals surface area contributed by atoms with E-state index in [0.29, 0.717) is 32.8 Å². The van der Waals surface area contributed by atoms with Crippen LogP contribution in [0.3, 0.4) is 0 Å². The van der Waals surface area contributed by atoms with Crippen molar-refractivity contribution in [2.75, 3.05) is 52.5 Å². The molecule has 6 rings (SSSR count). The molecule has 3 heterocycles. The Kier molecular flexibility index (Phi) is 9.26. The molecule has 0 radical (unpaired) electrons. The first-order valence-electron chi connectivity index (χ1n) is 15.3. The number of likely N-dealkylation sites (tertiary alicyclic amines) is 2. The second-order valence-electron chi connectivity index (χ2n) is 11.1. The Morgan fingerprint density at radius 2 is 1.62 bits per heavy atom. The number of fused-ring (bicyclic) bond motifs is 1. The summed E-state index contributed by atoms with van der Waals surface area (Å²) in [6.45, 7) is 8.59. The molecule has 2 aliphatic rings. The fraction of sp³-hybridized carbons (Fsp3) is 0.400. The van der Waals surface area contributed by atoms with Gasteiger partial charge in [0.25, 0.3) is 0 Å². The van der Waals surface area contributed by atoms with Gasteiger partial charge in [-0.25, -0.2) is 0 Å². The van der Waals surface area contributed by atoms with Gasteiger partial charge in [0, 0.05) is 29.1 Å². The van der Waals surface area contributed by atoms with Gasteiger partial charge in [-0.3, -0.25) is 9.69 Å². The lowest BCUT2D eigenvalue weighted by molar-refractivity contribution is -0.128. The molecule has 2 aliphatic heterocycles. The molecule has 4 aromatic rings. The van der Waals surface area contributed by atoms with Crippen LogP contribution in [0, 0.1) is 0 Å². The molecule has 2 fully saturated rings. The second-order valence-corrected chi connectivity index (χ2v) is 12.1. The highest BCUT2D eigenvalue weighted by atomic mass is 32.1. The first-order chi connectivity index (χ1) is 20.7. The molecule has 0 bridgehead atoms. The molecule has 0 N–H and O–H groups in total. The van der Waals surface area contributed by atoms with Crippen molar-refractivity contribution < 1.29 is 19.0 Å². The average molecular weight is 585 g/mol. The predicted molar refractivity (Wildman–Crippen MR) is 170 cm³/mol. The van der Waals surface area contributed by atoms with E-state index in [2.05, 4.69) is 59.5 Å². The molecule has 3 aromatic carbocycles. The number of carbonyl (C=O) groups is 1. The monoisotopic (exact) mass is 584 g/mol. The van der Waals surface area contributed by atoms with Gasteiger partial charge in [0.15, 0.2) is 11.5 Å². The molecule has 0 saturated carbocycles. The van der Waals surface area contributed by atoms with Crippen LogP contribution in [0.5, 0.6) is 17.2 Å². The maximum absolute atomic E-state index is 11.8. The third-order valence-corrected chi connectivity index (χ3v) is 9.44. The molecule has 7 heteroatoms. The first kappa shape index (κ1) is 28.6. The lowest BCUT2D eigenvalue weighted by Crippen LogP contribution is -2.29. The summed E-state index contributed by atoms with van der Waals surface area (Å²) in [5.41, 5.74) is 3.70. The van der Waals surface area contributed by atoms with E-state index in [0.717, 1.165) is 48.7 Å². The third-order valence-electron chi connectivity index (χ3n) is 8.17. The summed E-state index contributed by atoms with van der Waals surface area (Å²) in [4.78, 5) is 17.5. The van der Waals surface area contributed by atoms with Gasteiger partial charge in [-0.1, -0.05) is 30.3 Å². The van der Waals surface area contributed by atoms with Crippen LogP contribution in [-0.2, 0) is 11.2 Å². The quantitative estimate of drug-likeness (QED) is 0.169. The summed E-state index contributed by atoms with van der Waals surface area (Å²) in [6.07, 6.45) is 5.01. The number of rotatable bonds is 13. The summed E-state index contributed by atoms with van der Waals surface area (Å²) in [7, 11) is 0. The summed E-state index contributed by atoms with van der Waals surface area (Å²) in [5.74, 6) is 2.69. The third kappa shape index (κ3) is 6.74. The van der Waals surface area contributed by atoms with E-state index in [1.54, 1.807) is 0 Å². The fourth-order valence-electron chi connectivity index (χ4n) is 5.96. The SMILES string of the molecule is CCOc1cc(-c2sc3ccccc3c2Cc2ccc(OCCN3CCCC3=O)cc2)ccc1OCCN1CCCC1. The van der Waals surface area contributed by atoms with Crippen molar-refractivity contribution in [3.8, 4) is 27.7 Å². The van der Waals surface area contributed by atoms with Crippen molar-refractivity contribution in [2.45, 2.75) is 39.0 Å². The van der Waals surface area contributed by atoms with Crippen molar-refractivity contribution in [1.29, 1.82) is 0 Å². The van der Waals surface area contributed by atoms with Gasteiger partial charge in [-0.15, -0.1) is 11.3 Å². The van der Waals surface area contributed by atoms with E-state index in [1.165, 1.54) is 52.0 Å². The van der Waals surface area contributed by atoms with Gasteiger partial charge < -0.3 is 19.1 Å².